The third kappa shape index (κ3) is 4.04. The Kier molecular flexibility index (Phi) is 5.58. The van der Waals surface area contributed by atoms with E-state index in [2.05, 4.69) is 0 Å². The van der Waals surface area contributed by atoms with E-state index >= 15 is 0 Å². The van der Waals surface area contributed by atoms with Crippen LogP contribution in [0.15, 0.2) is 53.4 Å². The molecule has 0 saturated carbocycles. The lowest BCUT2D eigenvalue weighted by atomic mass is 10.1. The van der Waals surface area contributed by atoms with Crippen molar-refractivity contribution in [1.29, 1.82) is 0 Å². The highest BCUT2D eigenvalue weighted by atomic mass is 32.2. The van der Waals surface area contributed by atoms with Gasteiger partial charge >= 0.3 is 0 Å². The van der Waals surface area contributed by atoms with Crippen LogP contribution in [0.2, 0.25) is 0 Å². The van der Waals surface area contributed by atoms with Crippen LogP contribution >= 0.6 is 11.8 Å². The number of benzene rings is 2. The van der Waals surface area contributed by atoms with Crippen molar-refractivity contribution in [3.05, 3.63) is 59.7 Å². The number of sulfonamides is 1. The van der Waals surface area contributed by atoms with Crippen LogP contribution in [0.1, 0.15) is 22.3 Å². The van der Waals surface area contributed by atoms with E-state index in [1.807, 2.05) is 30.5 Å². The molecule has 26 heavy (non-hydrogen) atoms. The quantitative estimate of drug-likeness (QED) is 0.736. The first kappa shape index (κ1) is 18.8. The Morgan fingerprint density at radius 3 is 2.31 bits per heavy atom. The Morgan fingerprint density at radius 1 is 1.12 bits per heavy atom. The molecule has 3 rings (SSSR count). The molecule has 7 heteroatoms. The van der Waals surface area contributed by atoms with Crippen LogP contribution in [-0.2, 0) is 16.6 Å². The van der Waals surface area contributed by atoms with Crippen molar-refractivity contribution in [3.63, 3.8) is 0 Å². The van der Waals surface area contributed by atoms with Crippen molar-refractivity contribution in [3.8, 4) is 0 Å². The van der Waals surface area contributed by atoms with Crippen LogP contribution in [-0.4, -0.2) is 44.8 Å². The molecule has 0 atom stereocenters. The number of hydrogen-bond donors (Lipinski definition) is 0. The number of hydrogen-bond acceptors (Lipinski definition) is 4. The smallest absolute Gasteiger partial charge is 0.253 e. The second-order valence-corrected chi connectivity index (χ2v) is 9.19. The predicted molar refractivity (Wildman–Crippen MR) is 106 cm³/mol. The highest BCUT2D eigenvalue weighted by Crippen LogP contribution is 2.24. The molecule has 1 amide bonds. The third-order valence-corrected chi connectivity index (χ3v) is 7.04. The van der Waals surface area contributed by atoms with Gasteiger partial charge in [-0.25, -0.2) is 8.42 Å². The molecular formula is C19H22N2O3S2. The highest BCUT2D eigenvalue weighted by Gasteiger charge is 2.28. The number of carbonyl (C=O) groups excluding carboxylic acids is 1. The van der Waals surface area contributed by atoms with E-state index in [-0.39, 0.29) is 11.7 Å². The van der Waals surface area contributed by atoms with Gasteiger partial charge in [-0.15, -0.1) is 11.8 Å². The molecule has 0 bridgehead atoms. The average Bonchev–Trinajstić information content (AvgIpc) is 3.01. The van der Waals surface area contributed by atoms with E-state index in [4.69, 9.17) is 0 Å². The zero-order valence-corrected chi connectivity index (χ0v) is 16.5. The van der Waals surface area contributed by atoms with Crippen molar-refractivity contribution in [1.82, 2.24) is 4.90 Å². The first-order valence-electron chi connectivity index (χ1n) is 8.39. The molecule has 0 N–H and O–H groups in total. The number of amides is 1. The van der Waals surface area contributed by atoms with E-state index in [1.165, 1.54) is 9.20 Å². The first-order chi connectivity index (χ1) is 12.4. The summed E-state index contributed by atoms with van der Waals surface area (Å²) in [5, 5.41) is 0. The maximum atomic E-state index is 12.6. The number of anilines is 1. The zero-order chi connectivity index (χ0) is 18.7. The molecule has 5 nitrogen and oxygen atoms in total. The summed E-state index contributed by atoms with van der Waals surface area (Å²) >= 11 is 1.68. The summed E-state index contributed by atoms with van der Waals surface area (Å²) in [6, 6.07) is 14.9. The SMILES string of the molecule is CSc1ccc(CN(C)C(=O)c2ccc(N3CCCS3(=O)=O)cc2)cc1. The Hall–Kier alpha value is -1.99. The summed E-state index contributed by atoms with van der Waals surface area (Å²) in [5.41, 5.74) is 2.24. The maximum absolute atomic E-state index is 12.6. The van der Waals surface area contributed by atoms with Crippen molar-refractivity contribution >= 4 is 33.4 Å². The predicted octanol–water partition coefficient (Wildman–Crippen LogP) is 3.22. The fraction of sp³-hybridized carbons (Fsp3) is 0.316. The lowest BCUT2D eigenvalue weighted by molar-refractivity contribution is 0.0785. The zero-order valence-electron chi connectivity index (χ0n) is 14.9. The van der Waals surface area contributed by atoms with Crippen molar-refractivity contribution in [2.45, 2.75) is 17.9 Å². The fourth-order valence-electron chi connectivity index (χ4n) is 3.00. The number of carbonyl (C=O) groups is 1. The summed E-state index contributed by atoms with van der Waals surface area (Å²) in [5.74, 6) is 0.0981. The van der Waals surface area contributed by atoms with Crippen LogP contribution in [0.25, 0.3) is 0 Å². The van der Waals surface area contributed by atoms with E-state index in [0.717, 1.165) is 5.56 Å². The summed E-state index contributed by atoms with van der Waals surface area (Å²) in [6.07, 6.45) is 2.67. The Bertz CT molecular complexity index is 878. The molecule has 0 aliphatic carbocycles. The van der Waals surface area contributed by atoms with Crippen molar-refractivity contribution in [2.24, 2.45) is 0 Å². The molecule has 0 aromatic heterocycles. The minimum atomic E-state index is -3.20. The molecule has 1 aliphatic heterocycles. The fourth-order valence-corrected chi connectivity index (χ4v) is 4.97. The lowest BCUT2D eigenvalue weighted by Gasteiger charge is -2.19. The number of rotatable bonds is 5. The van der Waals surface area contributed by atoms with Gasteiger partial charge < -0.3 is 4.90 Å². The second kappa shape index (κ2) is 7.72. The standard InChI is InChI=1S/C19H22N2O3S2/c1-20(14-15-4-10-18(25-2)11-5-15)19(22)16-6-8-17(9-7-16)21-12-3-13-26(21,23)24/h4-11H,3,12-14H2,1-2H3. The van der Waals surface area contributed by atoms with Crippen LogP contribution in [0.5, 0.6) is 0 Å². The van der Waals surface area contributed by atoms with Gasteiger partial charge in [-0.2, -0.15) is 0 Å². The Morgan fingerprint density at radius 2 is 1.77 bits per heavy atom. The molecule has 2 aromatic rings. The van der Waals surface area contributed by atoms with Gasteiger partial charge in [0.2, 0.25) is 10.0 Å². The normalized spacial score (nSPS) is 15.8. The summed E-state index contributed by atoms with van der Waals surface area (Å²) in [4.78, 5) is 15.5. The molecule has 1 heterocycles. The average molecular weight is 391 g/mol. The molecule has 1 fully saturated rings. The first-order valence-corrected chi connectivity index (χ1v) is 11.2. The molecular weight excluding hydrogens is 368 g/mol. The van der Waals surface area contributed by atoms with E-state index in [9.17, 15) is 13.2 Å². The minimum Gasteiger partial charge on any atom is -0.337 e. The van der Waals surface area contributed by atoms with Gasteiger partial charge in [-0.05, 0) is 54.6 Å². The lowest BCUT2D eigenvalue weighted by Crippen LogP contribution is -2.27. The largest absolute Gasteiger partial charge is 0.337 e. The van der Waals surface area contributed by atoms with Crippen LogP contribution in [0.4, 0.5) is 5.69 Å². The van der Waals surface area contributed by atoms with Gasteiger partial charge in [-0.1, -0.05) is 12.1 Å². The monoisotopic (exact) mass is 390 g/mol. The van der Waals surface area contributed by atoms with Crippen LogP contribution in [0.3, 0.4) is 0 Å². The summed E-state index contributed by atoms with van der Waals surface area (Å²) in [7, 11) is -1.43. The molecule has 2 aromatic carbocycles. The summed E-state index contributed by atoms with van der Waals surface area (Å²) < 4.78 is 25.4. The Labute approximate surface area is 159 Å². The molecule has 138 valence electrons. The number of nitrogens with zero attached hydrogens (tertiary/aromatic N) is 2. The van der Waals surface area contributed by atoms with Crippen LogP contribution < -0.4 is 4.31 Å². The van der Waals surface area contributed by atoms with Gasteiger partial charge in [-0.3, -0.25) is 9.10 Å². The van der Waals surface area contributed by atoms with Crippen LogP contribution in [0, 0.1) is 0 Å². The van der Waals surface area contributed by atoms with Gasteiger partial charge in [0.05, 0.1) is 11.4 Å². The maximum Gasteiger partial charge on any atom is 0.253 e. The van der Waals surface area contributed by atoms with E-state index in [0.29, 0.717) is 30.8 Å². The van der Waals surface area contributed by atoms with Gasteiger partial charge in [0.25, 0.3) is 5.91 Å². The number of thioether (sulfide) groups is 1. The van der Waals surface area contributed by atoms with Crippen molar-refractivity contribution in [2.75, 3.05) is 29.9 Å². The Balaban J connectivity index is 1.69. The van der Waals surface area contributed by atoms with Crippen molar-refractivity contribution < 1.29 is 13.2 Å². The molecule has 0 spiro atoms. The minimum absolute atomic E-state index is 0.0882. The van der Waals surface area contributed by atoms with Gasteiger partial charge in [0, 0.05) is 30.6 Å². The molecule has 0 unspecified atom stereocenters. The third-order valence-electron chi connectivity index (χ3n) is 4.43. The molecule has 1 aliphatic rings. The van der Waals surface area contributed by atoms with Gasteiger partial charge in [0.15, 0.2) is 0 Å². The highest BCUT2D eigenvalue weighted by molar-refractivity contribution is 7.98. The van der Waals surface area contributed by atoms with Gasteiger partial charge in [0.1, 0.15) is 0 Å². The molecule has 0 radical (unpaired) electrons. The second-order valence-electron chi connectivity index (χ2n) is 6.30. The topological polar surface area (TPSA) is 57.7 Å². The summed E-state index contributed by atoms with van der Waals surface area (Å²) in [6.45, 7) is 1.03. The van der Waals surface area contributed by atoms with E-state index in [1.54, 1.807) is 48.0 Å². The van der Waals surface area contributed by atoms with E-state index < -0.39 is 10.0 Å². The molecule has 1 saturated heterocycles.